The molecule has 2 aromatic carbocycles. The van der Waals surface area contributed by atoms with Crippen LogP contribution in [0, 0.1) is 13.8 Å². The topological polar surface area (TPSA) is 29.1 Å². The Morgan fingerprint density at radius 1 is 1.11 bits per heavy atom. The van der Waals surface area contributed by atoms with Crippen LogP contribution in [0.4, 0.5) is 5.69 Å². The average Bonchev–Trinajstić information content (AvgIpc) is 2.32. The average molecular weight is 304 g/mol. The number of amides is 1. The molecule has 0 aliphatic carbocycles. The number of hydrogen-bond acceptors (Lipinski definition) is 1. The number of anilines is 1. The van der Waals surface area contributed by atoms with Gasteiger partial charge in [-0.2, -0.15) is 0 Å². The van der Waals surface area contributed by atoms with E-state index in [1.807, 2.05) is 56.3 Å². The highest BCUT2D eigenvalue weighted by molar-refractivity contribution is 9.10. The van der Waals surface area contributed by atoms with E-state index >= 15 is 0 Å². The first-order chi connectivity index (χ1) is 8.58. The Hall–Kier alpha value is -1.61. The Morgan fingerprint density at radius 2 is 1.83 bits per heavy atom. The van der Waals surface area contributed by atoms with E-state index in [2.05, 4.69) is 21.2 Å². The highest BCUT2D eigenvalue weighted by atomic mass is 79.9. The van der Waals surface area contributed by atoms with E-state index in [1.54, 1.807) is 0 Å². The maximum atomic E-state index is 12.2. The van der Waals surface area contributed by atoms with Crippen molar-refractivity contribution in [3.63, 3.8) is 0 Å². The molecule has 92 valence electrons. The van der Waals surface area contributed by atoms with E-state index in [0.29, 0.717) is 5.56 Å². The van der Waals surface area contributed by atoms with Gasteiger partial charge in [-0.3, -0.25) is 4.79 Å². The van der Waals surface area contributed by atoms with E-state index in [4.69, 9.17) is 0 Å². The van der Waals surface area contributed by atoms with Crippen molar-refractivity contribution in [1.29, 1.82) is 0 Å². The van der Waals surface area contributed by atoms with E-state index in [9.17, 15) is 4.79 Å². The third-order valence-corrected chi connectivity index (χ3v) is 3.76. The molecule has 1 N–H and O–H groups in total. The van der Waals surface area contributed by atoms with E-state index in [1.165, 1.54) is 0 Å². The monoisotopic (exact) mass is 303 g/mol. The van der Waals surface area contributed by atoms with Gasteiger partial charge in [0.05, 0.1) is 5.56 Å². The molecule has 0 fully saturated rings. The van der Waals surface area contributed by atoms with Crippen LogP contribution in [0.25, 0.3) is 0 Å². The predicted molar refractivity (Wildman–Crippen MR) is 78.0 cm³/mol. The number of halogens is 1. The molecule has 0 aliphatic rings. The lowest BCUT2D eigenvalue weighted by Crippen LogP contribution is -2.12. The molecule has 0 bridgehead atoms. The van der Waals surface area contributed by atoms with Crippen LogP contribution in [0.2, 0.25) is 0 Å². The number of hydrogen-bond donors (Lipinski definition) is 1. The molecular weight excluding hydrogens is 290 g/mol. The highest BCUT2D eigenvalue weighted by Crippen LogP contribution is 2.22. The molecule has 0 saturated heterocycles. The van der Waals surface area contributed by atoms with E-state index in [0.717, 1.165) is 21.3 Å². The summed E-state index contributed by atoms with van der Waals surface area (Å²) in [7, 11) is 0. The van der Waals surface area contributed by atoms with Crippen LogP contribution in [-0.2, 0) is 0 Å². The normalized spacial score (nSPS) is 10.2. The summed E-state index contributed by atoms with van der Waals surface area (Å²) in [6.07, 6.45) is 0. The Bertz CT molecular complexity index is 593. The molecule has 2 aromatic rings. The molecule has 0 radical (unpaired) electrons. The summed E-state index contributed by atoms with van der Waals surface area (Å²) in [6.45, 7) is 3.96. The molecule has 0 aromatic heterocycles. The lowest BCUT2D eigenvalue weighted by Gasteiger charge is -2.08. The van der Waals surface area contributed by atoms with Gasteiger partial charge in [-0.1, -0.05) is 24.3 Å². The molecular formula is C15H14BrNO. The van der Waals surface area contributed by atoms with Crippen LogP contribution in [0.1, 0.15) is 21.5 Å². The van der Waals surface area contributed by atoms with Crippen LogP contribution >= 0.6 is 15.9 Å². The SMILES string of the molecule is Cc1cccc(NC(=O)c2cccc(C)c2Br)c1. The first-order valence-corrected chi connectivity index (χ1v) is 6.50. The van der Waals surface area contributed by atoms with Crippen LogP contribution in [0.5, 0.6) is 0 Å². The summed E-state index contributed by atoms with van der Waals surface area (Å²) in [5, 5.41) is 2.90. The Balaban J connectivity index is 2.25. The van der Waals surface area contributed by atoms with Gasteiger partial charge in [0, 0.05) is 10.2 Å². The van der Waals surface area contributed by atoms with Crippen LogP contribution in [0.3, 0.4) is 0 Å². The van der Waals surface area contributed by atoms with E-state index in [-0.39, 0.29) is 5.91 Å². The molecule has 0 heterocycles. The summed E-state index contributed by atoms with van der Waals surface area (Å²) in [5.74, 6) is -0.101. The van der Waals surface area contributed by atoms with Gasteiger partial charge in [-0.25, -0.2) is 0 Å². The van der Waals surface area contributed by atoms with Crippen molar-refractivity contribution in [2.45, 2.75) is 13.8 Å². The molecule has 3 heteroatoms. The third-order valence-electron chi connectivity index (χ3n) is 2.71. The number of benzene rings is 2. The van der Waals surface area contributed by atoms with Crippen molar-refractivity contribution < 1.29 is 4.79 Å². The van der Waals surface area contributed by atoms with Crippen molar-refractivity contribution in [1.82, 2.24) is 0 Å². The Labute approximate surface area is 115 Å². The minimum absolute atomic E-state index is 0.101. The zero-order valence-corrected chi connectivity index (χ0v) is 11.9. The second kappa shape index (κ2) is 5.36. The minimum Gasteiger partial charge on any atom is -0.322 e. The summed E-state index contributed by atoms with van der Waals surface area (Å²) in [5.41, 5.74) is 3.63. The first kappa shape index (κ1) is 12.8. The fourth-order valence-electron chi connectivity index (χ4n) is 1.74. The summed E-state index contributed by atoms with van der Waals surface area (Å²) in [4.78, 5) is 12.2. The number of nitrogens with one attached hydrogen (secondary N) is 1. The fourth-order valence-corrected chi connectivity index (χ4v) is 2.19. The number of rotatable bonds is 2. The number of aryl methyl sites for hydroxylation is 2. The van der Waals surface area contributed by atoms with Crippen molar-refractivity contribution in [3.8, 4) is 0 Å². The lowest BCUT2D eigenvalue weighted by molar-refractivity contribution is 0.102. The van der Waals surface area contributed by atoms with Gasteiger partial charge in [0.1, 0.15) is 0 Å². The smallest absolute Gasteiger partial charge is 0.256 e. The second-order valence-electron chi connectivity index (χ2n) is 4.26. The highest BCUT2D eigenvalue weighted by Gasteiger charge is 2.11. The molecule has 1 amide bonds. The number of carbonyl (C=O) groups excluding carboxylic acids is 1. The molecule has 0 unspecified atom stereocenters. The fraction of sp³-hybridized carbons (Fsp3) is 0.133. The van der Waals surface area contributed by atoms with Crippen molar-refractivity contribution in [2.75, 3.05) is 5.32 Å². The van der Waals surface area contributed by atoms with Gasteiger partial charge in [0.2, 0.25) is 0 Å². The molecule has 2 rings (SSSR count). The molecule has 0 spiro atoms. The molecule has 18 heavy (non-hydrogen) atoms. The zero-order valence-electron chi connectivity index (χ0n) is 10.3. The van der Waals surface area contributed by atoms with Gasteiger partial charge in [0.25, 0.3) is 5.91 Å². The van der Waals surface area contributed by atoms with Crippen LogP contribution < -0.4 is 5.32 Å². The molecule has 0 saturated carbocycles. The summed E-state index contributed by atoms with van der Waals surface area (Å²) in [6, 6.07) is 13.4. The maximum Gasteiger partial charge on any atom is 0.256 e. The minimum atomic E-state index is -0.101. The van der Waals surface area contributed by atoms with Crippen molar-refractivity contribution in [2.24, 2.45) is 0 Å². The Kier molecular flexibility index (Phi) is 3.82. The van der Waals surface area contributed by atoms with Gasteiger partial charge in [-0.15, -0.1) is 0 Å². The van der Waals surface area contributed by atoms with Gasteiger partial charge < -0.3 is 5.32 Å². The quantitative estimate of drug-likeness (QED) is 0.879. The van der Waals surface area contributed by atoms with Crippen LogP contribution in [-0.4, -0.2) is 5.91 Å². The van der Waals surface area contributed by atoms with Crippen LogP contribution in [0.15, 0.2) is 46.9 Å². The Morgan fingerprint density at radius 3 is 2.56 bits per heavy atom. The largest absolute Gasteiger partial charge is 0.322 e. The van der Waals surface area contributed by atoms with Crippen molar-refractivity contribution >= 4 is 27.5 Å². The summed E-state index contributed by atoms with van der Waals surface area (Å²) < 4.78 is 0.843. The first-order valence-electron chi connectivity index (χ1n) is 5.71. The standard InChI is InChI=1S/C15H14BrNO/c1-10-5-3-7-12(9-10)17-15(18)13-8-4-6-11(2)14(13)16/h3-9H,1-2H3,(H,17,18). The number of carbonyl (C=O) groups is 1. The maximum absolute atomic E-state index is 12.2. The lowest BCUT2D eigenvalue weighted by atomic mass is 10.1. The zero-order chi connectivity index (χ0) is 13.1. The molecule has 0 atom stereocenters. The van der Waals surface area contributed by atoms with E-state index < -0.39 is 0 Å². The predicted octanol–water partition coefficient (Wildman–Crippen LogP) is 4.32. The van der Waals surface area contributed by atoms with Gasteiger partial charge in [0.15, 0.2) is 0 Å². The third kappa shape index (κ3) is 2.79. The van der Waals surface area contributed by atoms with Gasteiger partial charge in [-0.05, 0) is 59.1 Å². The molecule has 0 aliphatic heterocycles. The van der Waals surface area contributed by atoms with Gasteiger partial charge >= 0.3 is 0 Å². The molecule has 2 nitrogen and oxygen atoms in total. The van der Waals surface area contributed by atoms with Crippen molar-refractivity contribution in [3.05, 3.63) is 63.6 Å². The summed E-state index contributed by atoms with van der Waals surface area (Å²) >= 11 is 3.45. The second-order valence-corrected chi connectivity index (χ2v) is 5.05.